The first kappa shape index (κ1) is 17.7. The lowest BCUT2D eigenvalue weighted by atomic mass is 10.1. The van der Waals surface area contributed by atoms with Crippen LogP contribution in [0.25, 0.3) is 10.9 Å². The van der Waals surface area contributed by atoms with Crippen molar-refractivity contribution in [2.75, 3.05) is 36.7 Å². The molecule has 1 saturated carbocycles. The van der Waals surface area contributed by atoms with Crippen LogP contribution in [0.2, 0.25) is 0 Å². The van der Waals surface area contributed by atoms with Crippen molar-refractivity contribution in [3.8, 4) is 0 Å². The second-order valence-corrected chi connectivity index (χ2v) is 8.63. The topological polar surface area (TPSA) is 52.8 Å². The van der Waals surface area contributed by atoms with Gasteiger partial charge in [0.2, 0.25) is 0 Å². The normalized spacial score (nSPS) is 20.8. The zero-order valence-electron chi connectivity index (χ0n) is 15.8. The highest BCUT2D eigenvalue weighted by molar-refractivity contribution is 8.14. The Bertz CT molecular complexity index is 836. The number of rotatable bonds is 5. The summed E-state index contributed by atoms with van der Waals surface area (Å²) in [6, 6.07) is 7.37. The third kappa shape index (κ3) is 3.21. The molecule has 1 atom stereocenters. The van der Waals surface area contributed by atoms with Crippen molar-refractivity contribution < 1.29 is 5.11 Å². The van der Waals surface area contributed by atoms with Crippen molar-refractivity contribution in [3.05, 3.63) is 23.9 Å². The van der Waals surface area contributed by atoms with Crippen molar-refractivity contribution in [2.24, 2.45) is 12.0 Å². The molecule has 2 aliphatic rings. The number of aromatic nitrogens is 1. The number of benzene rings is 1. The van der Waals surface area contributed by atoms with Crippen molar-refractivity contribution in [1.82, 2.24) is 4.57 Å². The Kier molecular flexibility index (Phi) is 4.88. The highest BCUT2D eigenvalue weighted by atomic mass is 32.2. The van der Waals surface area contributed by atoms with Crippen LogP contribution in [0.15, 0.2) is 23.2 Å². The number of nitrogens with zero attached hydrogens (tertiary/aromatic N) is 3. The maximum Gasteiger partial charge on any atom is 0.115 e. The summed E-state index contributed by atoms with van der Waals surface area (Å²) in [6.07, 6.45) is 5.16. The van der Waals surface area contributed by atoms with Gasteiger partial charge >= 0.3 is 0 Å². The molecule has 140 valence electrons. The summed E-state index contributed by atoms with van der Waals surface area (Å²) in [6.45, 7) is 0.125. The van der Waals surface area contributed by atoms with Crippen LogP contribution in [0.5, 0.6) is 0 Å². The number of hydrogen-bond acceptors (Lipinski definition) is 5. The molecule has 1 fully saturated rings. The Labute approximate surface area is 159 Å². The molecule has 0 saturated heterocycles. The van der Waals surface area contributed by atoms with Gasteiger partial charge in [0, 0.05) is 44.0 Å². The molecule has 5 nitrogen and oxygen atoms in total. The molecule has 0 unspecified atom stereocenters. The molecule has 0 spiro atoms. The fourth-order valence-electron chi connectivity index (χ4n) is 4.00. The quantitative estimate of drug-likeness (QED) is 0.844. The van der Waals surface area contributed by atoms with E-state index in [0.717, 1.165) is 16.5 Å². The average Bonchev–Trinajstić information content (AvgIpc) is 3.35. The van der Waals surface area contributed by atoms with Gasteiger partial charge in [-0.1, -0.05) is 12.8 Å². The molecule has 0 amide bonds. The lowest BCUT2D eigenvalue weighted by Crippen LogP contribution is -2.16. The molecular weight excluding hydrogens is 344 g/mol. The van der Waals surface area contributed by atoms with Crippen molar-refractivity contribution >= 4 is 39.1 Å². The minimum absolute atomic E-state index is 0.0291. The second kappa shape index (κ2) is 7.16. The predicted molar refractivity (Wildman–Crippen MR) is 113 cm³/mol. The molecule has 1 aliphatic heterocycles. The summed E-state index contributed by atoms with van der Waals surface area (Å²) in [5, 5.41) is 15.5. The summed E-state index contributed by atoms with van der Waals surface area (Å²) in [5.74, 6) is 0.865. The molecule has 1 aliphatic carbocycles. The van der Waals surface area contributed by atoms with Gasteiger partial charge in [-0.15, -0.1) is 11.8 Å². The third-order valence-corrected chi connectivity index (χ3v) is 6.63. The van der Waals surface area contributed by atoms with Gasteiger partial charge in [-0.05, 0) is 31.0 Å². The van der Waals surface area contributed by atoms with Crippen LogP contribution in [-0.2, 0) is 7.05 Å². The molecule has 2 aromatic rings. The van der Waals surface area contributed by atoms with E-state index in [4.69, 9.17) is 4.99 Å². The summed E-state index contributed by atoms with van der Waals surface area (Å²) in [7, 11) is 6.31. The van der Waals surface area contributed by atoms with Gasteiger partial charge in [0.1, 0.15) is 5.04 Å². The van der Waals surface area contributed by atoms with Crippen LogP contribution in [0.4, 0.5) is 11.4 Å². The van der Waals surface area contributed by atoms with Crippen LogP contribution in [0, 0.1) is 0 Å². The SMILES string of the molecule is CN(C)c1cc(NC2CCCC2)c2c(c1)cc(C1=N[C@H](CO)CS1)n2C. The van der Waals surface area contributed by atoms with E-state index < -0.39 is 0 Å². The monoisotopic (exact) mass is 372 g/mol. The first-order chi connectivity index (χ1) is 12.6. The van der Waals surface area contributed by atoms with E-state index in [-0.39, 0.29) is 12.6 Å². The fraction of sp³-hybridized carbons (Fsp3) is 0.550. The van der Waals surface area contributed by atoms with Gasteiger partial charge in [-0.25, -0.2) is 0 Å². The van der Waals surface area contributed by atoms with Crippen molar-refractivity contribution in [2.45, 2.75) is 37.8 Å². The summed E-state index contributed by atoms with van der Waals surface area (Å²) in [5.41, 5.74) is 4.82. The van der Waals surface area contributed by atoms with E-state index in [0.29, 0.717) is 6.04 Å². The molecule has 0 bridgehead atoms. The standard InChI is InChI=1S/C20H28N4OS/c1-23(2)16-8-13-9-18(20-22-15(11-25)12-26-20)24(3)19(13)17(10-16)21-14-6-4-5-7-14/h8-10,14-15,21,25H,4-7,11-12H2,1-3H3/t15-/m1/s1. The van der Waals surface area contributed by atoms with E-state index in [1.54, 1.807) is 11.8 Å². The zero-order valence-corrected chi connectivity index (χ0v) is 16.6. The Morgan fingerprint density at radius 2 is 2.04 bits per heavy atom. The number of aryl methyl sites for hydroxylation is 1. The van der Waals surface area contributed by atoms with E-state index >= 15 is 0 Å². The molecule has 1 aromatic carbocycles. The third-order valence-electron chi connectivity index (χ3n) is 5.49. The van der Waals surface area contributed by atoms with Gasteiger partial charge in [-0.3, -0.25) is 4.99 Å². The van der Waals surface area contributed by atoms with Crippen LogP contribution in [0.3, 0.4) is 0 Å². The summed E-state index contributed by atoms with van der Waals surface area (Å²) < 4.78 is 2.26. The van der Waals surface area contributed by atoms with Gasteiger partial charge < -0.3 is 19.9 Å². The number of nitrogens with one attached hydrogen (secondary N) is 1. The van der Waals surface area contributed by atoms with Gasteiger partial charge in [-0.2, -0.15) is 0 Å². The Balaban J connectivity index is 1.80. The number of aliphatic hydroxyl groups excluding tert-OH is 1. The first-order valence-corrected chi connectivity index (χ1v) is 10.4. The van der Waals surface area contributed by atoms with Crippen molar-refractivity contribution in [3.63, 3.8) is 0 Å². The second-order valence-electron chi connectivity index (χ2n) is 7.62. The fourth-order valence-corrected chi connectivity index (χ4v) is 5.10. The Morgan fingerprint density at radius 1 is 1.27 bits per heavy atom. The largest absolute Gasteiger partial charge is 0.394 e. The predicted octanol–water partition coefficient (Wildman–Crippen LogP) is 3.45. The Hall–Kier alpha value is -1.66. The maximum atomic E-state index is 9.40. The van der Waals surface area contributed by atoms with E-state index in [9.17, 15) is 5.11 Å². The average molecular weight is 373 g/mol. The molecule has 1 aromatic heterocycles. The molecular formula is C20H28N4OS. The van der Waals surface area contributed by atoms with Crippen molar-refractivity contribution in [1.29, 1.82) is 0 Å². The number of thioether (sulfide) groups is 1. The molecule has 2 N–H and O–H groups in total. The highest BCUT2D eigenvalue weighted by Crippen LogP contribution is 2.35. The Morgan fingerprint density at radius 3 is 2.69 bits per heavy atom. The minimum atomic E-state index is 0.0291. The van der Waals surface area contributed by atoms with Gasteiger partial charge in [0.05, 0.1) is 29.5 Å². The van der Waals surface area contributed by atoms with E-state index in [1.165, 1.54) is 48.0 Å². The molecule has 26 heavy (non-hydrogen) atoms. The first-order valence-electron chi connectivity index (χ1n) is 9.46. The van der Waals surface area contributed by atoms with Crippen LogP contribution in [0.1, 0.15) is 31.4 Å². The number of fused-ring (bicyclic) bond motifs is 1. The molecule has 6 heteroatoms. The van der Waals surface area contributed by atoms with E-state index in [1.807, 2.05) is 0 Å². The number of aliphatic hydroxyl groups is 1. The number of hydrogen-bond donors (Lipinski definition) is 2. The van der Waals surface area contributed by atoms with E-state index in [2.05, 4.69) is 54.1 Å². The minimum Gasteiger partial charge on any atom is -0.394 e. The maximum absolute atomic E-state index is 9.40. The molecule has 4 rings (SSSR count). The van der Waals surface area contributed by atoms with Crippen LogP contribution in [-0.4, -0.2) is 53.3 Å². The van der Waals surface area contributed by atoms with Gasteiger partial charge in [0.25, 0.3) is 0 Å². The van der Waals surface area contributed by atoms with Crippen LogP contribution < -0.4 is 10.2 Å². The molecule has 0 radical (unpaired) electrons. The smallest absolute Gasteiger partial charge is 0.115 e. The van der Waals surface area contributed by atoms with Gasteiger partial charge in [0.15, 0.2) is 0 Å². The summed E-state index contributed by atoms with van der Waals surface area (Å²) >= 11 is 1.75. The zero-order chi connectivity index (χ0) is 18.3. The number of aliphatic imine (C=N–C) groups is 1. The molecule has 2 heterocycles. The van der Waals surface area contributed by atoms with Crippen LogP contribution >= 0.6 is 11.8 Å². The summed E-state index contributed by atoms with van der Waals surface area (Å²) in [4.78, 5) is 6.86. The lowest BCUT2D eigenvalue weighted by molar-refractivity contribution is 0.277. The lowest BCUT2D eigenvalue weighted by Gasteiger charge is -2.20. The number of anilines is 2. The highest BCUT2D eigenvalue weighted by Gasteiger charge is 2.23.